The third kappa shape index (κ3) is 4.85. The molecule has 1 aliphatic heterocycles. The lowest BCUT2D eigenvalue weighted by Crippen LogP contribution is -2.48. The molecule has 8 heteroatoms. The van der Waals surface area contributed by atoms with E-state index in [0.717, 1.165) is 4.90 Å². The first-order valence-electron chi connectivity index (χ1n) is 10.6. The average molecular weight is 439 g/mol. The van der Waals surface area contributed by atoms with Gasteiger partial charge in [0.15, 0.2) is 0 Å². The molecule has 168 valence electrons. The van der Waals surface area contributed by atoms with Crippen molar-refractivity contribution in [3.63, 3.8) is 0 Å². The highest BCUT2D eigenvalue weighted by atomic mass is 19.1. The first-order chi connectivity index (χ1) is 15.4. The van der Waals surface area contributed by atoms with Crippen LogP contribution in [0.5, 0.6) is 0 Å². The molecule has 0 radical (unpaired) electrons. The van der Waals surface area contributed by atoms with Gasteiger partial charge in [-0.1, -0.05) is 31.2 Å². The highest BCUT2D eigenvalue weighted by Crippen LogP contribution is 2.23. The lowest BCUT2D eigenvalue weighted by Gasteiger charge is -2.30. The Bertz CT molecular complexity index is 987. The number of rotatable bonds is 9. The molecule has 0 saturated heterocycles. The van der Waals surface area contributed by atoms with Gasteiger partial charge in [-0.3, -0.25) is 24.1 Å². The number of halogens is 1. The molecule has 0 saturated carbocycles. The molecule has 1 atom stereocenters. The van der Waals surface area contributed by atoms with Crippen LogP contribution in [0.4, 0.5) is 4.39 Å². The largest absolute Gasteiger partial charge is 0.357 e. The van der Waals surface area contributed by atoms with Crippen molar-refractivity contribution in [1.82, 2.24) is 15.1 Å². The second-order valence-corrected chi connectivity index (χ2v) is 7.60. The number of fused-ring (bicyclic) bond motifs is 1. The summed E-state index contributed by atoms with van der Waals surface area (Å²) in [4.78, 5) is 53.0. The van der Waals surface area contributed by atoms with Gasteiger partial charge in [0.1, 0.15) is 11.9 Å². The molecular formula is C24H26FN3O4. The Morgan fingerprint density at radius 3 is 2.16 bits per heavy atom. The van der Waals surface area contributed by atoms with Gasteiger partial charge in [-0.15, -0.1) is 0 Å². The molecule has 2 aromatic carbocycles. The molecule has 0 unspecified atom stereocenters. The summed E-state index contributed by atoms with van der Waals surface area (Å²) in [7, 11) is 1.51. The lowest BCUT2D eigenvalue weighted by atomic mass is 10.1. The topological polar surface area (TPSA) is 86.8 Å². The van der Waals surface area contributed by atoms with Gasteiger partial charge in [-0.05, 0) is 42.7 Å². The van der Waals surface area contributed by atoms with E-state index < -0.39 is 6.04 Å². The molecule has 0 aromatic heterocycles. The number of likely N-dealkylation sites (N-methyl/N-ethyl adjacent to an activating group) is 1. The summed E-state index contributed by atoms with van der Waals surface area (Å²) in [5.74, 6) is -1.67. The van der Waals surface area contributed by atoms with Crippen LogP contribution in [0.15, 0.2) is 48.5 Å². The molecule has 1 N–H and O–H groups in total. The van der Waals surface area contributed by atoms with E-state index in [9.17, 15) is 23.6 Å². The summed E-state index contributed by atoms with van der Waals surface area (Å²) in [6, 6.07) is 11.7. The van der Waals surface area contributed by atoms with Gasteiger partial charge < -0.3 is 10.2 Å². The maximum Gasteiger partial charge on any atom is 0.261 e. The molecule has 0 bridgehead atoms. The van der Waals surface area contributed by atoms with Gasteiger partial charge in [-0.25, -0.2) is 4.39 Å². The van der Waals surface area contributed by atoms with Crippen LogP contribution < -0.4 is 5.32 Å². The second kappa shape index (κ2) is 10.2. The van der Waals surface area contributed by atoms with Gasteiger partial charge in [0.2, 0.25) is 11.8 Å². The Labute approximate surface area is 186 Å². The molecule has 2 aromatic rings. The molecule has 1 heterocycles. The zero-order chi connectivity index (χ0) is 23.3. The van der Waals surface area contributed by atoms with Crippen molar-refractivity contribution in [2.45, 2.75) is 38.8 Å². The van der Waals surface area contributed by atoms with E-state index in [4.69, 9.17) is 0 Å². The summed E-state index contributed by atoms with van der Waals surface area (Å²) >= 11 is 0. The predicted octanol–water partition coefficient (Wildman–Crippen LogP) is 2.76. The Balaban J connectivity index is 1.68. The minimum atomic E-state index is -0.683. The van der Waals surface area contributed by atoms with Gasteiger partial charge in [-0.2, -0.15) is 0 Å². The SMILES string of the molecule is CC[C@@H](C(=O)NC)N(Cc1ccc(F)cc1)C(=O)CCCN1C(=O)c2ccccc2C1=O. The molecule has 0 aliphatic carbocycles. The van der Waals surface area contributed by atoms with Crippen LogP contribution in [-0.4, -0.2) is 53.1 Å². The van der Waals surface area contributed by atoms with E-state index in [1.807, 2.05) is 6.92 Å². The molecule has 3 rings (SSSR count). The van der Waals surface area contributed by atoms with Crippen LogP contribution in [0.2, 0.25) is 0 Å². The third-order valence-electron chi connectivity index (χ3n) is 5.55. The molecule has 0 spiro atoms. The molecule has 4 amide bonds. The van der Waals surface area contributed by atoms with Crippen molar-refractivity contribution < 1.29 is 23.6 Å². The van der Waals surface area contributed by atoms with Crippen molar-refractivity contribution in [3.8, 4) is 0 Å². The lowest BCUT2D eigenvalue weighted by molar-refractivity contribution is -0.141. The number of carbonyl (C=O) groups excluding carboxylic acids is 4. The molecular weight excluding hydrogens is 413 g/mol. The van der Waals surface area contributed by atoms with Crippen molar-refractivity contribution in [2.24, 2.45) is 0 Å². The third-order valence-corrected chi connectivity index (χ3v) is 5.55. The number of benzene rings is 2. The monoisotopic (exact) mass is 439 g/mol. The van der Waals surface area contributed by atoms with Gasteiger partial charge in [0, 0.05) is 26.6 Å². The van der Waals surface area contributed by atoms with Crippen molar-refractivity contribution in [3.05, 3.63) is 71.0 Å². The van der Waals surface area contributed by atoms with E-state index in [-0.39, 0.29) is 55.4 Å². The Morgan fingerprint density at radius 1 is 1.03 bits per heavy atom. The number of nitrogens with one attached hydrogen (secondary N) is 1. The summed E-state index contributed by atoms with van der Waals surface area (Å²) in [6.45, 7) is 2.07. The molecule has 7 nitrogen and oxygen atoms in total. The van der Waals surface area contributed by atoms with Crippen molar-refractivity contribution >= 4 is 23.6 Å². The quantitative estimate of drug-likeness (QED) is 0.609. The standard InChI is InChI=1S/C24H26FN3O4/c1-3-20(22(30)26-2)28(15-16-10-12-17(25)13-11-16)21(29)9-6-14-27-23(31)18-7-4-5-8-19(18)24(27)32/h4-5,7-8,10-13,20H,3,6,9,14-15H2,1-2H3,(H,26,30)/t20-/m0/s1. The van der Waals surface area contributed by atoms with Crippen molar-refractivity contribution in [1.29, 1.82) is 0 Å². The van der Waals surface area contributed by atoms with E-state index in [1.54, 1.807) is 36.4 Å². The van der Waals surface area contributed by atoms with Gasteiger partial charge >= 0.3 is 0 Å². The average Bonchev–Trinajstić information content (AvgIpc) is 3.05. The van der Waals surface area contributed by atoms with E-state index in [2.05, 4.69) is 5.32 Å². The minimum absolute atomic E-state index is 0.0576. The van der Waals surface area contributed by atoms with Crippen molar-refractivity contribution in [2.75, 3.05) is 13.6 Å². The van der Waals surface area contributed by atoms with Gasteiger partial charge in [0.25, 0.3) is 11.8 Å². The zero-order valence-electron chi connectivity index (χ0n) is 18.1. The molecule has 32 heavy (non-hydrogen) atoms. The maximum absolute atomic E-state index is 13.3. The van der Waals surface area contributed by atoms with E-state index in [0.29, 0.717) is 23.1 Å². The van der Waals surface area contributed by atoms with Crippen LogP contribution in [-0.2, 0) is 16.1 Å². The highest BCUT2D eigenvalue weighted by molar-refractivity contribution is 6.21. The Morgan fingerprint density at radius 2 is 1.62 bits per heavy atom. The first kappa shape index (κ1) is 23.1. The Kier molecular flexibility index (Phi) is 7.35. The van der Waals surface area contributed by atoms with Crippen LogP contribution in [0, 0.1) is 5.82 Å². The summed E-state index contributed by atoms with van der Waals surface area (Å²) in [5, 5.41) is 2.58. The fourth-order valence-corrected chi connectivity index (χ4v) is 3.85. The zero-order valence-corrected chi connectivity index (χ0v) is 18.1. The fraction of sp³-hybridized carbons (Fsp3) is 0.333. The Hall–Kier alpha value is -3.55. The number of imide groups is 1. The number of carbonyl (C=O) groups is 4. The van der Waals surface area contributed by atoms with Gasteiger partial charge in [0.05, 0.1) is 11.1 Å². The van der Waals surface area contributed by atoms with E-state index in [1.165, 1.54) is 24.1 Å². The van der Waals surface area contributed by atoms with Crippen LogP contribution in [0.3, 0.4) is 0 Å². The van der Waals surface area contributed by atoms with Crippen LogP contribution >= 0.6 is 0 Å². The van der Waals surface area contributed by atoms with Crippen LogP contribution in [0.1, 0.15) is 52.5 Å². The molecule has 1 aliphatic rings. The van der Waals surface area contributed by atoms with Crippen LogP contribution in [0.25, 0.3) is 0 Å². The number of amides is 4. The number of nitrogens with zero attached hydrogens (tertiary/aromatic N) is 2. The number of hydrogen-bond donors (Lipinski definition) is 1. The summed E-state index contributed by atoms with van der Waals surface area (Å²) in [5.41, 5.74) is 1.43. The number of hydrogen-bond acceptors (Lipinski definition) is 4. The fourth-order valence-electron chi connectivity index (χ4n) is 3.85. The maximum atomic E-state index is 13.3. The highest BCUT2D eigenvalue weighted by Gasteiger charge is 2.35. The smallest absolute Gasteiger partial charge is 0.261 e. The predicted molar refractivity (Wildman–Crippen MR) is 116 cm³/mol. The first-order valence-corrected chi connectivity index (χ1v) is 10.6. The molecule has 0 fully saturated rings. The van der Waals surface area contributed by atoms with E-state index >= 15 is 0 Å². The summed E-state index contributed by atoms with van der Waals surface area (Å²) < 4.78 is 13.3. The summed E-state index contributed by atoms with van der Waals surface area (Å²) in [6.07, 6.45) is 0.738. The minimum Gasteiger partial charge on any atom is -0.357 e. The second-order valence-electron chi connectivity index (χ2n) is 7.60. The normalized spacial score (nSPS) is 13.7.